The molecule has 1 N–H and O–H groups in total. The van der Waals surface area contributed by atoms with Crippen molar-refractivity contribution in [2.45, 2.75) is 0 Å². The van der Waals surface area contributed by atoms with Crippen LogP contribution in [0.15, 0.2) is 23.0 Å². The zero-order chi connectivity index (χ0) is 9.02. The highest BCUT2D eigenvalue weighted by atomic mass is 35.5. The van der Waals surface area contributed by atoms with E-state index in [0.717, 1.165) is 0 Å². The molecular weight excluding hydrogens is 184 g/mol. The number of allylic oxidation sites excluding steroid dienone is 2. The summed E-state index contributed by atoms with van der Waals surface area (Å²) in [6.45, 7) is 0. The highest BCUT2D eigenvalue weighted by Crippen LogP contribution is 2.19. The number of rotatable bonds is 2. The molecule has 0 aliphatic heterocycles. The molecule has 0 atom stereocenters. The molecule has 0 radical (unpaired) electrons. The van der Waals surface area contributed by atoms with Gasteiger partial charge in [-0.1, -0.05) is 11.6 Å². The third kappa shape index (κ3) is 2.63. The maximum absolute atomic E-state index is 12.0. The van der Waals surface area contributed by atoms with Gasteiger partial charge in [-0.3, -0.25) is 0 Å². The Labute approximate surface area is 64.6 Å². The minimum absolute atomic E-state index is 0.0951. The van der Waals surface area contributed by atoms with Crippen molar-refractivity contribution in [3.8, 4) is 0 Å². The Morgan fingerprint density at radius 2 is 1.73 bits per heavy atom. The van der Waals surface area contributed by atoms with Crippen LogP contribution in [0.3, 0.4) is 0 Å². The first-order valence-electron chi connectivity index (χ1n) is 2.25. The molecular formula is C5H2ClF3O2. The number of aliphatic carboxylic acids is 1. The molecule has 0 fully saturated rings. The summed E-state index contributed by atoms with van der Waals surface area (Å²) in [5.74, 6) is -8.27. The fourth-order valence-electron chi connectivity index (χ4n) is 0.247. The second kappa shape index (κ2) is 4.02. The second-order valence-electron chi connectivity index (χ2n) is 1.39. The van der Waals surface area contributed by atoms with E-state index in [1.54, 1.807) is 0 Å². The fourth-order valence-corrected chi connectivity index (χ4v) is 0.342. The van der Waals surface area contributed by atoms with Crippen LogP contribution in [0.25, 0.3) is 0 Å². The monoisotopic (exact) mass is 186 g/mol. The van der Waals surface area contributed by atoms with Gasteiger partial charge in [0.2, 0.25) is 11.7 Å². The molecule has 0 aliphatic carbocycles. The summed E-state index contributed by atoms with van der Waals surface area (Å²) in [6, 6.07) is 0. The number of carbonyl (C=O) groups is 1. The van der Waals surface area contributed by atoms with Gasteiger partial charge in [-0.25, -0.2) is 13.6 Å². The number of halogens is 4. The number of hydrogen-bond acceptors (Lipinski definition) is 1. The largest absolute Gasteiger partial charge is 0.476 e. The summed E-state index contributed by atoms with van der Waals surface area (Å²) in [5, 5.41) is 7.79. The average molecular weight is 187 g/mol. The first-order valence-corrected chi connectivity index (χ1v) is 2.69. The van der Waals surface area contributed by atoms with Crippen LogP contribution in [0.2, 0.25) is 0 Å². The predicted molar refractivity (Wildman–Crippen MR) is 31.9 cm³/mol. The zero-order valence-electron chi connectivity index (χ0n) is 4.94. The Bertz CT molecular complexity index is 234. The van der Waals surface area contributed by atoms with Gasteiger partial charge in [0.1, 0.15) is 0 Å². The minimum atomic E-state index is -2.21. The predicted octanol–water partition coefficient (Wildman–Crippen LogP) is 2.27. The molecule has 0 saturated heterocycles. The molecule has 11 heavy (non-hydrogen) atoms. The molecule has 0 aromatic carbocycles. The van der Waals surface area contributed by atoms with Gasteiger partial charge in [0.15, 0.2) is 5.83 Å². The molecule has 6 heteroatoms. The molecule has 0 spiro atoms. The number of hydrogen-bond donors (Lipinski definition) is 1. The van der Waals surface area contributed by atoms with Gasteiger partial charge >= 0.3 is 5.97 Å². The van der Waals surface area contributed by atoms with Crippen LogP contribution >= 0.6 is 11.6 Å². The van der Waals surface area contributed by atoms with Gasteiger partial charge in [0.25, 0.3) is 0 Å². The Morgan fingerprint density at radius 1 is 1.27 bits per heavy atom. The lowest BCUT2D eigenvalue weighted by atomic mass is 10.4. The summed E-state index contributed by atoms with van der Waals surface area (Å²) in [6.07, 6.45) is 0. The summed E-state index contributed by atoms with van der Waals surface area (Å²) in [4.78, 5) is 9.65. The van der Waals surface area contributed by atoms with E-state index in [1.807, 2.05) is 0 Å². The molecule has 62 valence electrons. The van der Waals surface area contributed by atoms with Crippen LogP contribution in [0.4, 0.5) is 13.2 Å². The lowest BCUT2D eigenvalue weighted by Gasteiger charge is -1.90. The fraction of sp³-hybridized carbons (Fsp3) is 0. The Hall–Kier alpha value is -0.970. The summed E-state index contributed by atoms with van der Waals surface area (Å²) in [7, 11) is 0. The first-order chi connectivity index (χ1) is 5.00. The van der Waals surface area contributed by atoms with Crippen molar-refractivity contribution in [2.75, 3.05) is 0 Å². The van der Waals surface area contributed by atoms with Crippen molar-refractivity contribution in [1.82, 2.24) is 0 Å². The molecule has 0 rings (SSSR count). The van der Waals surface area contributed by atoms with Gasteiger partial charge < -0.3 is 5.11 Å². The van der Waals surface area contributed by atoms with Crippen molar-refractivity contribution in [3.63, 3.8) is 0 Å². The van der Waals surface area contributed by atoms with E-state index in [1.165, 1.54) is 0 Å². The lowest BCUT2D eigenvalue weighted by molar-refractivity contribution is -0.134. The van der Waals surface area contributed by atoms with Crippen molar-refractivity contribution >= 4 is 17.6 Å². The number of carboxylic acids is 1. The molecule has 0 aromatic rings. The van der Waals surface area contributed by atoms with Crippen LogP contribution in [0.1, 0.15) is 0 Å². The minimum Gasteiger partial charge on any atom is -0.476 e. The maximum Gasteiger partial charge on any atom is 0.367 e. The summed E-state index contributed by atoms with van der Waals surface area (Å²) < 4.78 is 35.9. The standard InChI is InChI=1S/C5H2ClF3O2/c6-1-2(7)3(8)4(9)5(10)11/h1H,(H,10,11)/b2-1+,4-3+. The van der Waals surface area contributed by atoms with E-state index >= 15 is 0 Å². The van der Waals surface area contributed by atoms with Crippen molar-refractivity contribution < 1.29 is 23.1 Å². The van der Waals surface area contributed by atoms with E-state index in [2.05, 4.69) is 11.6 Å². The number of carboxylic acid groups (broad SMARTS) is 1. The van der Waals surface area contributed by atoms with Crippen molar-refractivity contribution in [1.29, 1.82) is 0 Å². The SMILES string of the molecule is O=C(O)/C(F)=C(F)/C(F)=C\Cl. The normalized spacial score (nSPS) is 14.4. The van der Waals surface area contributed by atoms with Crippen LogP contribution in [0, 0.1) is 0 Å². The lowest BCUT2D eigenvalue weighted by Crippen LogP contribution is -1.97. The molecule has 0 amide bonds. The topological polar surface area (TPSA) is 37.3 Å². The Morgan fingerprint density at radius 3 is 2.00 bits per heavy atom. The van der Waals surface area contributed by atoms with E-state index < -0.39 is 23.4 Å². The van der Waals surface area contributed by atoms with Crippen molar-refractivity contribution in [2.24, 2.45) is 0 Å². The maximum atomic E-state index is 12.0. The van der Waals surface area contributed by atoms with E-state index in [-0.39, 0.29) is 5.54 Å². The molecule has 0 bridgehead atoms. The highest BCUT2D eigenvalue weighted by Gasteiger charge is 2.17. The van der Waals surface area contributed by atoms with Gasteiger partial charge in [0.05, 0.1) is 0 Å². The van der Waals surface area contributed by atoms with E-state index in [0.29, 0.717) is 0 Å². The summed E-state index contributed by atoms with van der Waals surface area (Å²) >= 11 is 4.62. The smallest absolute Gasteiger partial charge is 0.367 e. The van der Waals surface area contributed by atoms with Crippen LogP contribution in [-0.2, 0) is 4.79 Å². The Kier molecular flexibility index (Phi) is 3.67. The van der Waals surface area contributed by atoms with Gasteiger partial charge in [-0.15, -0.1) is 0 Å². The molecule has 2 nitrogen and oxygen atoms in total. The first kappa shape index (κ1) is 10.0. The van der Waals surface area contributed by atoms with Crippen LogP contribution in [0.5, 0.6) is 0 Å². The molecule has 0 heterocycles. The molecule has 0 unspecified atom stereocenters. The highest BCUT2D eigenvalue weighted by molar-refractivity contribution is 6.25. The molecule has 0 aliphatic rings. The third-order valence-corrected chi connectivity index (χ3v) is 0.878. The average Bonchev–Trinajstić information content (AvgIpc) is 2.00. The quantitative estimate of drug-likeness (QED) is 0.531. The zero-order valence-corrected chi connectivity index (χ0v) is 5.70. The van der Waals surface area contributed by atoms with Crippen LogP contribution in [-0.4, -0.2) is 11.1 Å². The van der Waals surface area contributed by atoms with Crippen molar-refractivity contribution in [3.05, 3.63) is 23.0 Å². The Balaban J connectivity index is 4.81. The van der Waals surface area contributed by atoms with Gasteiger partial charge in [-0.05, 0) is 0 Å². The molecule has 0 saturated carbocycles. The van der Waals surface area contributed by atoms with E-state index in [9.17, 15) is 18.0 Å². The molecule has 0 aromatic heterocycles. The van der Waals surface area contributed by atoms with Crippen LogP contribution < -0.4 is 0 Å². The van der Waals surface area contributed by atoms with Gasteiger partial charge in [0, 0.05) is 5.54 Å². The summed E-state index contributed by atoms with van der Waals surface area (Å²) in [5.41, 5.74) is 0.0951. The third-order valence-electron chi connectivity index (χ3n) is 0.686. The van der Waals surface area contributed by atoms with Gasteiger partial charge in [-0.2, -0.15) is 4.39 Å². The second-order valence-corrected chi connectivity index (χ2v) is 1.61. The van der Waals surface area contributed by atoms with E-state index in [4.69, 9.17) is 5.11 Å².